The Morgan fingerprint density at radius 1 is 1.33 bits per heavy atom. The topological polar surface area (TPSA) is 29.9 Å². The minimum atomic E-state index is -0.198. The highest BCUT2D eigenvalue weighted by atomic mass is 19.1. The zero-order valence-electron chi connectivity index (χ0n) is 10.9. The Morgan fingerprint density at radius 3 is 2.50 bits per heavy atom. The van der Waals surface area contributed by atoms with Crippen molar-refractivity contribution in [2.24, 2.45) is 7.05 Å². The average molecular weight is 247 g/mol. The molecule has 0 aliphatic heterocycles. The van der Waals surface area contributed by atoms with Crippen LogP contribution in [0.15, 0.2) is 30.3 Å². The largest absolute Gasteiger partial charge is 0.311 e. The number of aromatic nitrogens is 2. The maximum atomic E-state index is 12.9. The summed E-state index contributed by atoms with van der Waals surface area (Å²) in [7, 11) is 3.87. The van der Waals surface area contributed by atoms with Crippen LogP contribution in [0.3, 0.4) is 0 Å². The SMILES string of the molecule is CNC(Cc1ccc(F)cc1)c1cc(C)nn1C. The van der Waals surface area contributed by atoms with Gasteiger partial charge >= 0.3 is 0 Å². The zero-order valence-corrected chi connectivity index (χ0v) is 10.9. The monoisotopic (exact) mass is 247 g/mol. The molecule has 2 rings (SSSR count). The lowest BCUT2D eigenvalue weighted by molar-refractivity contribution is 0.536. The van der Waals surface area contributed by atoms with Crippen molar-refractivity contribution in [3.8, 4) is 0 Å². The fourth-order valence-corrected chi connectivity index (χ4v) is 2.17. The number of benzene rings is 1. The molecule has 3 nitrogen and oxygen atoms in total. The van der Waals surface area contributed by atoms with Crippen molar-refractivity contribution < 1.29 is 4.39 Å². The van der Waals surface area contributed by atoms with Crippen LogP contribution in [-0.2, 0) is 13.5 Å². The summed E-state index contributed by atoms with van der Waals surface area (Å²) in [6.45, 7) is 1.98. The Morgan fingerprint density at radius 2 is 2.00 bits per heavy atom. The second kappa shape index (κ2) is 5.31. The second-order valence-electron chi connectivity index (χ2n) is 4.51. The van der Waals surface area contributed by atoms with Crippen molar-refractivity contribution in [3.63, 3.8) is 0 Å². The third-order valence-corrected chi connectivity index (χ3v) is 3.10. The first-order valence-corrected chi connectivity index (χ1v) is 6.02. The molecule has 0 saturated carbocycles. The Hall–Kier alpha value is -1.68. The van der Waals surface area contributed by atoms with Crippen molar-refractivity contribution in [1.29, 1.82) is 0 Å². The summed E-state index contributed by atoms with van der Waals surface area (Å²) in [6.07, 6.45) is 0.815. The maximum Gasteiger partial charge on any atom is 0.123 e. The lowest BCUT2D eigenvalue weighted by Crippen LogP contribution is -2.21. The van der Waals surface area contributed by atoms with Crippen LogP contribution >= 0.6 is 0 Å². The van der Waals surface area contributed by atoms with E-state index in [1.54, 1.807) is 0 Å². The predicted octanol–water partition coefficient (Wildman–Crippen LogP) is 2.37. The molecule has 4 heteroatoms. The fourth-order valence-electron chi connectivity index (χ4n) is 2.17. The third-order valence-electron chi connectivity index (χ3n) is 3.10. The van der Waals surface area contributed by atoms with Crippen molar-refractivity contribution in [2.75, 3.05) is 7.05 Å². The molecule has 0 bridgehead atoms. The Labute approximate surface area is 107 Å². The van der Waals surface area contributed by atoms with Gasteiger partial charge in [-0.3, -0.25) is 4.68 Å². The smallest absolute Gasteiger partial charge is 0.123 e. The first-order chi connectivity index (χ1) is 8.60. The van der Waals surface area contributed by atoms with Gasteiger partial charge < -0.3 is 5.32 Å². The molecule has 0 aliphatic carbocycles. The highest BCUT2D eigenvalue weighted by molar-refractivity contribution is 5.21. The van der Waals surface area contributed by atoms with E-state index in [0.29, 0.717) is 0 Å². The van der Waals surface area contributed by atoms with Gasteiger partial charge in [-0.1, -0.05) is 12.1 Å². The zero-order chi connectivity index (χ0) is 13.1. The maximum absolute atomic E-state index is 12.9. The Kier molecular flexibility index (Phi) is 3.77. The molecular formula is C14H18FN3. The summed E-state index contributed by atoms with van der Waals surface area (Å²) in [5.41, 5.74) is 3.25. The van der Waals surface area contributed by atoms with Gasteiger partial charge in [0, 0.05) is 7.05 Å². The summed E-state index contributed by atoms with van der Waals surface area (Å²) < 4.78 is 14.8. The van der Waals surface area contributed by atoms with Crippen molar-refractivity contribution in [3.05, 3.63) is 53.1 Å². The number of rotatable bonds is 4. The second-order valence-corrected chi connectivity index (χ2v) is 4.51. The molecule has 18 heavy (non-hydrogen) atoms. The standard InChI is InChI=1S/C14H18FN3/c1-10-8-14(18(3)17-10)13(16-2)9-11-4-6-12(15)7-5-11/h4-8,13,16H,9H2,1-3H3. The van der Waals surface area contributed by atoms with Crippen LogP contribution in [0.2, 0.25) is 0 Å². The lowest BCUT2D eigenvalue weighted by atomic mass is 10.0. The van der Waals surface area contributed by atoms with Gasteiger partial charge in [0.1, 0.15) is 5.82 Å². The predicted molar refractivity (Wildman–Crippen MR) is 69.8 cm³/mol. The molecule has 0 spiro atoms. The lowest BCUT2D eigenvalue weighted by Gasteiger charge is -2.16. The fraction of sp³-hybridized carbons (Fsp3) is 0.357. The molecule has 1 heterocycles. The number of hydrogen-bond donors (Lipinski definition) is 1. The van der Waals surface area contributed by atoms with Gasteiger partial charge in [-0.05, 0) is 44.2 Å². The summed E-state index contributed by atoms with van der Waals surface area (Å²) >= 11 is 0. The molecule has 0 radical (unpaired) electrons. The normalized spacial score (nSPS) is 12.7. The van der Waals surface area contributed by atoms with E-state index >= 15 is 0 Å². The molecule has 0 fully saturated rings. The van der Waals surface area contributed by atoms with Gasteiger partial charge in [0.15, 0.2) is 0 Å². The molecule has 1 atom stereocenters. The van der Waals surface area contributed by atoms with E-state index in [0.717, 1.165) is 23.4 Å². The van der Waals surface area contributed by atoms with Crippen LogP contribution in [0, 0.1) is 12.7 Å². The first-order valence-electron chi connectivity index (χ1n) is 6.02. The molecule has 96 valence electrons. The average Bonchev–Trinajstić information content (AvgIpc) is 2.68. The summed E-state index contributed by atoms with van der Waals surface area (Å²) in [6, 6.07) is 8.89. The minimum absolute atomic E-state index is 0.182. The van der Waals surface area contributed by atoms with E-state index < -0.39 is 0 Å². The van der Waals surface area contributed by atoms with Crippen molar-refractivity contribution >= 4 is 0 Å². The number of likely N-dealkylation sites (N-methyl/N-ethyl adjacent to an activating group) is 1. The third kappa shape index (κ3) is 2.76. The minimum Gasteiger partial charge on any atom is -0.311 e. The van der Waals surface area contributed by atoms with Gasteiger partial charge in [0.05, 0.1) is 17.4 Å². The first kappa shape index (κ1) is 12.8. The summed E-state index contributed by atoms with van der Waals surface area (Å²) in [4.78, 5) is 0. The van der Waals surface area contributed by atoms with Crippen LogP contribution in [0.5, 0.6) is 0 Å². The number of aryl methyl sites for hydroxylation is 2. The number of halogens is 1. The van der Waals surface area contributed by atoms with Crippen LogP contribution in [-0.4, -0.2) is 16.8 Å². The number of hydrogen-bond acceptors (Lipinski definition) is 2. The van der Waals surface area contributed by atoms with E-state index in [1.807, 2.05) is 37.8 Å². The number of nitrogens with zero attached hydrogens (tertiary/aromatic N) is 2. The van der Waals surface area contributed by atoms with Crippen LogP contribution in [0.4, 0.5) is 4.39 Å². The van der Waals surface area contributed by atoms with Crippen LogP contribution in [0.1, 0.15) is 23.0 Å². The summed E-state index contributed by atoms with van der Waals surface area (Å²) in [5, 5.41) is 7.63. The Balaban J connectivity index is 2.19. The van der Waals surface area contributed by atoms with E-state index in [-0.39, 0.29) is 11.9 Å². The molecular weight excluding hydrogens is 229 g/mol. The van der Waals surface area contributed by atoms with Crippen molar-refractivity contribution in [2.45, 2.75) is 19.4 Å². The molecule has 0 amide bonds. The molecule has 0 aliphatic rings. The van der Waals surface area contributed by atoms with Crippen molar-refractivity contribution in [1.82, 2.24) is 15.1 Å². The van der Waals surface area contributed by atoms with E-state index in [1.165, 1.54) is 12.1 Å². The molecule has 1 N–H and O–H groups in total. The quantitative estimate of drug-likeness (QED) is 0.899. The molecule has 1 unspecified atom stereocenters. The molecule has 1 aromatic carbocycles. The van der Waals surface area contributed by atoms with Gasteiger partial charge in [-0.15, -0.1) is 0 Å². The highest BCUT2D eigenvalue weighted by Crippen LogP contribution is 2.18. The van der Waals surface area contributed by atoms with E-state index in [9.17, 15) is 4.39 Å². The van der Waals surface area contributed by atoms with Crippen LogP contribution in [0.25, 0.3) is 0 Å². The number of nitrogens with one attached hydrogen (secondary N) is 1. The van der Waals surface area contributed by atoms with Gasteiger partial charge in [0.2, 0.25) is 0 Å². The van der Waals surface area contributed by atoms with Gasteiger partial charge in [0.25, 0.3) is 0 Å². The molecule has 2 aromatic rings. The van der Waals surface area contributed by atoms with Crippen LogP contribution < -0.4 is 5.32 Å². The summed E-state index contributed by atoms with van der Waals surface area (Å²) in [5.74, 6) is -0.198. The molecule has 0 saturated heterocycles. The molecule has 1 aromatic heterocycles. The highest BCUT2D eigenvalue weighted by Gasteiger charge is 2.14. The van der Waals surface area contributed by atoms with E-state index in [2.05, 4.69) is 16.5 Å². The Bertz CT molecular complexity index is 516. The van der Waals surface area contributed by atoms with E-state index in [4.69, 9.17) is 0 Å². The van der Waals surface area contributed by atoms with Gasteiger partial charge in [-0.2, -0.15) is 5.10 Å². The van der Waals surface area contributed by atoms with Gasteiger partial charge in [-0.25, -0.2) is 4.39 Å².